The number of halogens is 1. The molecule has 3 aliphatic carbocycles. The van der Waals surface area contributed by atoms with Crippen molar-refractivity contribution in [3.05, 3.63) is 0 Å². The first-order valence-electron chi connectivity index (χ1n) is 9.83. The molecule has 25 heavy (non-hydrogen) atoms. The Bertz CT molecular complexity index is 595. The first kappa shape index (κ1) is 17.8. The second kappa shape index (κ2) is 5.97. The van der Waals surface area contributed by atoms with Crippen molar-refractivity contribution in [2.75, 3.05) is 7.11 Å². The van der Waals surface area contributed by atoms with E-state index < -0.39 is 0 Å². The first-order chi connectivity index (χ1) is 11.8. The molecule has 5 heteroatoms. The molecule has 0 radical (unpaired) electrons. The summed E-state index contributed by atoms with van der Waals surface area (Å²) in [6.07, 6.45) is 7.63. The number of hydrogen-bond acceptors (Lipinski definition) is 3. The van der Waals surface area contributed by atoms with Crippen LogP contribution in [0, 0.1) is 34.5 Å². The lowest BCUT2D eigenvalue weighted by Crippen LogP contribution is -2.63. The molecule has 1 saturated heterocycles. The van der Waals surface area contributed by atoms with E-state index in [-0.39, 0.29) is 33.5 Å². The number of ether oxygens (including phenoxy) is 1. The summed E-state index contributed by atoms with van der Waals surface area (Å²) in [5, 5.41) is 3.29. The number of alkyl halides is 1. The van der Waals surface area contributed by atoms with Gasteiger partial charge in [0.25, 0.3) is 0 Å². The fourth-order valence-corrected chi connectivity index (χ4v) is 8.09. The highest BCUT2D eigenvalue weighted by Crippen LogP contribution is 2.65. The second-order valence-electron chi connectivity index (χ2n) is 9.39. The molecule has 140 valence electrons. The van der Waals surface area contributed by atoms with Crippen LogP contribution in [0.1, 0.15) is 58.8 Å². The lowest BCUT2D eigenvalue weighted by atomic mass is 9.47. The van der Waals surface area contributed by atoms with Gasteiger partial charge in [0.05, 0.1) is 17.9 Å². The predicted molar refractivity (Wildman–Crippen MR) is 99.2 cm³/mol. The number of amides is 1. The van der Waals surface area contributed by atoms with Crippen LogP contribution in [0.4, 0.5) is 0 Å². The average Bonchev–Trinajstić information content (AvgIpc) is 2.93. The van der Waals surface area contributed by atoms with E-state index in [1.54, 1.807) is 0 Å². The van der Waals surface area contributed by atoms with Crippen LogP contribution in [-0.2, 0) is 14.3 Å². The van der Waals surface area contributed by atoms with Gasteiger partial charge in [0.15, 0.2) is 0 Å². The Morgan fingerprint density at radius 1 is 1.12 bits per heavy atom. The molecule has 3 unspecified atom stereocenters. The topological polar surface area (TPSA) is 55.4 Å². The fraction of sp³-hybridized carbons (Fsp3) is 0.900. The van der Waals surface area contributed by atoms with Crippen LogP contribution < -0.4 is 5.32 Å². The molecule has 4 nitrogen and oxygen atoms in total. The predicted octanol–water partition coefficient (Wildman–Crippen LogP) is 3.67. The van der Waals surface area contributed by atoms with Crippen LogP contribution in [0.2, 0.25) is 0 Å². The Kier molecular flexibility index (Phi) is 4.25. The Morgan fingerprint density at radius 3 is 2.56 bits per heavy atom. The van der Waals surface area contributed by atoms with Crippen molar-refractivity contribution in [3.63, 3.8) is 0 Å². The number of methoxy groups -OCH3 is 1. The minimum Gasteiger partial charge on any atom is -0.469 e. The number of rotatable bonds is 1. The number of carbonyl (C=O) groups is 2. The quantitative estimate of drug-likeness (QED) is 0.528. The molecule has 0 spiro atoms. The van der Waals surface area contributed by atoms with Crippen LogP contribution in [0.15, 0.2) is 0 Å². The molecule has 0 bridgehead atoms. The number of nitrogens with one attached hydrogen (secondary N) is 1. The van der Waals surface area contributed by atoms with Crippen LogP contribution >= 0.6 is 15.9 Å². The van der Waals surface area contributed by atoms with Crippen LogP contribution in [0.25, 0.3) is 0 Å². The van der Waals surface area contributed by atoms with Crippen LogP contribution in [0.3, 0.4) is 0 Å². The molecule has 8 atom stereocenters. The second-order valence-corrected chi connectivity index (χ2v) is 10.5. The number of esters is 1. The Hall–Kier alpha value is -0.580. The molecule has 4 fully saturated rings. The maximum atomic E-state index is 12.3. The van der Waals surface area contributed by atoms with Crippen molar-refractivity contribution in [3.8, 4) is 0 Å². The van der Waals surface area contributed by atoms with E-state index in [4.69, 9.17) is 4.74 Å². The molecule has 1 N–H and O–H groups in total. The van der Waals surface area contributed by atoms with Gasteiger partial charge >= 0.3 is 5.97 Å². The van der Waals surface area contributed by atoms with Gasteiger partial charge in [-0.2, -0.15) is 0 Å². The first-order valence-corrected chi connectivity index (χ1v) is 10.7. The average molecular weight is 412 g/mol. The normalized spacial score (nSPS) is 51.8. The van der Waals surface area contributed by atoms with Crippen molar-refractivity contribution >= 4 is 27.8 Å². The summed E-state index contributed by atoms with van der Waals surface area (Å²) in [5.41, 5.74) is 0.277. The maximum Gasteiger partial charge on any atom is 0.309 e. The Balaban J connectivity index is 1.62. The van der Waals surface area contributed by atoms with Gasteiger partial charge in [-0.25, -0.2) is 0 Å². The lowest BCUT2D eigenvalue weighted by Gasteiger charge is -2.60. The number of hydrogen-bond donors (Lipinski definition) is 1. The summed E-state index contributed by atoms with van der Waals surface area (Å²) in [5.74, 6) is 2.19. The summed E-state index contributed by atoms with van der Waals surface area (Å²) in [6.45, 7) is 4.74. The van der Waals surface area contributed by atoms with Gasteiger partial charge < -0.3 is 10.1 Å². The molecular formula is C20H30BrNO3. The summed E-state index contributed by atoms with van der Waals surface area (Å²) < 4.78 is 5.12. The molecule has 1 amide bonds. The van der Waals surface area contributed by atoms with Gasteiger partial charge in [-0.3, -0.25) is 9.59 Å². The van der Waals surface area contributed by atoms with E-state index in [1.165, 1.54) is 20.0 Å². The van der Waals surface area contributed by atoms with E-state index in [1.807, 2.05) is 0 Å². The summed E-state index contributed by atoms with van der Waals surface area (Å²) in [6, 6.07) is 0.317. The molecule has 4 rings (SSSR count). The number of carbonyl (C=O) groups excluding carboxylic acids is 2. The third kappa shape index (κ3) is 2.44. The Morgan fingerprint density at radius 2 is 1.84 bits per heavy atom. The zero-order valence-electron chi connectivity index (χ0n) is 15.5. The Labute approximate surface area is 159 Å². The molecule has 0 aromatic rings. The van der Waals surface area contributed by atoms with Crippen molar-refractivity contribution in [2.24, 2.45) is 34.5 Å². The SMILES string of the molecule is COC(=O)C1CC[C@H]2[C@@H]3CCC4NC(=O)C(Br)C[C@]4(C)[C@@H]3CC[C@]12C. The third-order valence-corrected chi connectivity index (χ3v) is 9.31. The van der Waals surface area contributed by atoms with Gasteiger partial charge in [0, 0.05) is 6.04 Å². The zero-order valence-corrected chi connectivity index (χ0v) is 17.1. The molecular weight excluding hydrogens is 382 g/mol. The number of fused-ring (bicyclic) bond motifs is 5. The van der Waals surface area contributed by atoms with Gasteiger partial charge in [0.2, 0.25) is 5.91 Å². The standard InChI is InChI=1S/C20H30BrNO3/c1-19-9-8-13-11(12(19)5-6-14(19)18(24)25-3)4-7-16-20(13,2)10-15(21)17(23)22-16/h11-16H,4-10H2,1-3H3,(H,22,23)/t11-,12-,13+,14?,15?,16?,19-,20+/m0/s1. The fourth-order valence-electron chi connectivity index (χ4n) is 7.26. The van der Waals surface area contributed by atoms with E-state index in [2.05, 4.69) is 35.1 Å². The van der Waals surface area contributed by atoms with Gasteiger partial charge in [-0.15, -0.1) is 0 Å². The molecule has 4 aliphatic rings. The van der Waals surface area contributed by atoms with E-state index in [9.17, 15) is 9.59 Å². The molecule has 1 heterocycles. The molecule has 0 aromatic carbocycles. The van der Waals surface area contributed by atoms with Crippen molar-refractivity contribution < 1.29 is 14.3 Å². The summed E-state index contributed by atoms with van der Waals surface area (Å²) in [7, 11) is 1.53. The van der Waals surface area contributed by atoms with Crippen molar-refractivity contribution in [2.45, 2.75) is 69.7 Å². The lowest BCUT2D eigenvalue weighted by molar-refractivity contribution is -0.155. The highest BCUT2D eigenvalue weighted by molar-refractivity contribution is 9.10. The highest BCUT2D eigenvalue weighted by atomic mass is 79.9. The molecule has 0 aromatic heterocycles. The van der Waals surface area contributed by atoms with E-state index in [0.29, 0.717) is 23.8 Å². The van der Waals surface area contributed by atoms with Gasteiger partial charge in [0.1, 0.15) is 0 Å². The van der Waals surface area contributed by atoms with Crippen LogP contribution in [0.5, 0.6) is 0 Å². The highest BCUT2D eigenvalue weighted by Gasteiger charge is 2.62. The van der Waals surface area contributed by atoms with Crippen LogP contribution in [-0.4, -0.2) is 29.9 Å². The monoisotopic (exact) mass is 411 g/mol. The zero-order chi connectivity index (χ0) is 18.0. The van der Waals surface area contributed by atoms with Crippen molar-refractivity contribution in [1.29, 1.82) is 0 Å². The maximum absolute atomic E-state index is 12.3. The van der Waals surface area contributed by atoms with Crippen molar-refractivity contribution in [1.82, 2.24) is 5.32 Å². The molecule has 1 aliphatic heterocycles. The number of piperidine rings is 1. The van der Waals surface area contributed by atoms with Gasteiger partial charge in [-0.1, -0.05) is 29.8 Å². The van der Waals surface area contributed by atoms with E-state index in [0.717, 1.165) is 32.1 Å². The summed E-state index contributed by atoms with van der Waals surface area (Å²) >= 11 is 3.60. The van der Waals surface area contributed by atoms with E-state index >= 15 is 0 Å². The van der Waals surface area contributed by atoms with Gasteiger partial charge in [-0.05, 0) is 73.5 Å². The third-order valence-electron chi connectivity index (χ3n) is 8.57. The molecule has 3 saturated carbocycles. The largest absolute Gasteiger partial charge is 0.469 e. The minimum absolute atomic E-state index is 0.00574. The smallest absolute Gasteiger partial charge is 0.309 e. The minimum atomic E-state index is -0.0628. The summed E-state index contributed by atoms with van der Waals surface area (Å²) in [4.78, 5) is 24.4.